The van der Waals surface area contributed by atoms with Crippen molar-refractivity contribution in [2.24, 2.45) is 5.73 Å². The smallest absolute Gasteiger partial charge is 0.314 e. The molecule has 0 unspecified atom stereocenters. The molecule has 1 aliphatic carbocycles. The molecule has 4 heteroatoms. The fourth-order valence-corrected chi connectivity index (χ4v) is 2.34. The zero-order valence-electron chi connectivity index (χ0n) is 8.60. The fraction of sp³-hybridized carbons (Fsp3) is 0.455. The summed E-state index contributed by atoms with van der Waals surface area (Å²) in [5, 5.41) is 9.30. The molecule has 0 aliphatic heterocycles. The highest BCUT2D eigenvalue weighted by Gasteiger charge is 2.51. The Morgan fingerprint density at radius 2 is 2.33 bits per heavy atom. The Kier molecular flexibility index (Phi) is 2.23. The summed E-state index contributed by atoms with van der Waals surface area (Å²) in [7, 11) is 0. The largest absolute Gasteiger partial charge is 0.481 e. The number of carboxylic acid groups (broad SMARTS) is 1. The van der Waals surface area contributed by atoms with Gasteiger partial charge in [-0.25, -0.2) is 0 Å². The van der Waals surface area contributed by atoms with Crippen molar-refractivity contribution in [3.05, 3.63) is 29.6 Å². The van der Waals surface area contributed by atoms with Crippen molar-refractivity contribution in [3.63, 3.8) is 0 Å². The molecular weight excluding hydrogens is 192 g/mol. The number of hydrogen-bond acceptors (Lipinski definition) is 3. The number of rotatable bonds is 2. The molecule has 0 atom stereocenters. The molecule has 1 saturated carbocycles. The highest BCUT2D eigenvalue weighted by atomic mass is 16.4. The van der Waals surface area contributed by atoms with Crippen LogP contribution in [0, 0.1) is 6.92 Å². The average molecular weight is 206 g/mol. The van der Waals surface area contributed by atoms with Crippen molar-refractivity contribution in [2.75, 3.05) is 0 Å². The number of nitrogens with two attached hydrogens (primary N) is 1. The van der Waals surface area contributed by atoms with E-state index < -0.39 is 11.4 Å². The van der Waals surface area contributed by atoms with Crippen LogP contribution in [-0.2, 0) is 10.2 Å². The molecule has 1 heterocycles. The third-order valence-electron chi connectivity index (χ3n) is 3.15. The molecule has 0 saturated heterocycles. The van der Waals surface area contributed by atoms with Gasteiger partial charge in [0.15, 0.2) is 0 Å². The van der Waals surface area contributed by atoms with Crippen LogP contribution in [0.25, 0.3) is 0 Å². The first-order chi connectivity index (χ1) is 7.06. The van der Waals surface area contributed by atoms with Crippen molar-refractivity contribution in [1.82, 2.24) is 4.98 Å². The van der Waals surface area contributed by atoms with E-state index in [0.29, 0.717) is 12.8 Å². The second kappa shape index (κ2) is 3.31. The molecule has 1 aliphatic rings. The van der Waals surface area contributed by atoms with E-state index >= 15 is 0 Å². The first-order valence-corrected chi connectivity index (χ1v) is 4.97. The van der Waals surface area contributed by atoms with Gasteiger partial charge in [0.25, 0.3) is 0 Å². The van der Waals surface area contributed by atoms with E-state index in [1.54, 1.807) is 12.3 Å². The van der Waals surface area contributed by atoms with Gasteiger partial charge in [-0.05, 0) is 31.4 Å². The standard InChI is InChI=1S/C11H14N2O2/c1-7-9(3-2-4-13-7)11(10(14)15)5-8(12)6-11/h2-4,8H,5-6,12H2,1H3,(H,14,15). The molecule has 1 aromatic heterocycles. The maximum Gasteiger partial charge on any atom is 0.314 e. The summed E-state index contributed by atoms with van der Waals surface area (Å²) in [6, 6.07) is 3.61. The summed E-state index contributed by atoms with van der Waals surface area (Å²) < 4.78 is 0. The molecule has 0 aromatic carbocycles. The lowest BCUT2D eigenvalue weighted by Gasteiger charge is -2.43. The fourth-order valence-electron chi connectivity index (χ4n) is 2.34. The molecule has 0 spiro atoms. The summed E-state index contributed by atoms with van der Waals surface area (Å²) in [5.41, 5.74) is 6.49. The van der Waals surface area contributed by atoms with Gasteiger partial charge < -0.3 is 10.8 Å². The molecule has 4 nitrogen and oxygen atoms in total. The maximum absolute atomic E-state index is 11.3. The quantitative estimate of drug-likeness (QED) is 0.751. The van der Waals surface area contributed by atoms with Gasteiger partial charge in [0.1, 0.15) is 0 Å². The SMILES string of the molecule is Cc1ncccc1C1(C(=O)O)CC(N)C1. The van der Waals surface area contributed by atoms with Crippen molar-refractivity contribution in [2.45, 2.75) is 31.2 Å². The number of carboxylic acids is 1. The van der Waals surface area contributed by atoms with Crippen LogP contribution in [0.3, 0.4) is 0 Å². The van der Waals surface area contributed by atoms with Gasteiger partial charge in [0.2, 0.25) is 0 Å². The van der Waals surface area contributed by atoms with Crippen LogP contribution < -0.4 is 5.73 Å². The Morgan fingerprint density at radius 1 is 1.67 bits per heavy atom. The summed E-state index contributed by atoms with van der Waals surface area (Å²) in [6.07, 6.45) is 2.69. The highest BCUT2D eigenvalue weighted by Crippen LogP contribution is 2.44. The topological polar surface area (TPSA) is 76.2 Å². The van der Waals surface area contributed by atoms with Crippen molar-refractivity contribution < 1.29 is 9.90 Å². The molecule has 2 rings (SSSR count). The van der Waals surface area contributed by atoms with E-state index in [4.69, 9.17) is 5.73 Å². The maximum atomic E-state index is 11.3. The second-order valence-electron chi connectivity index (χ2n) is 4.19. The van der Waals surface area contributed by atoms with Crippen molar-refractivity contribution >= 4 is 5.97 Å². The molecule has 3 N–H and O–H groups in total. The van der Waals surface area contributed by atoms with Gasteiger partial charge in [-0.3, -0.25) is 9.78 Å². The van der Waals surface area contributed by atoms with E-state index in [1.807, 2.05) is 13.0 Å². The lowest BCUT2D eigenvalue weighted by Crippen LogP contribution is -2.54. The third-order valence-corrected chi connectivity index (χ3v) is 3.15. The van der Waals surface area contributed by atoms with E-state index in [-0.39, 0.29) is 6.04 Å². The summed E-state index contributed by atoms with van der Waals surface area (Å²) in [5.74, 6) is -0.791. The van der Waals surface area contributed by atoms with Gasteiger partial charge in [-0.2, -0.15) is 0 Å². The summed E-state index contributed by atoms with van der Waals surface area (Å²) in [6.45, 7) is 1.84. The Morgan fingerprint density at radius 3 is 2.80 bits per heavy atom. The van der Waals surface area contributed by atoms with Crippen LogP contribution >= 0.6 is 0 Å². The minimum atomic E-state index is -0.794. The number of aryl methyl sites for hydroxylation is 1. The Labute approximate surface area is 88.1 Å². The molecule has 0 radical (unpaired) electrons. The van der Waals surface area contributed by atoms with Gasteiger partial charge in [-0.15, -0.1) is 0 Å². The molecule has 15 heavy (non-hydrogen) atoms. The van der Waals surface area contributed by atoms with Crippen LogP contribution in [0.4, 0.5) is 0 Å². The number of aromatic nitrogens is 1. The van der Waals surface area contributed by atoms with Gasteiger partial charge in [0.05, 0.1) is 5.41 Å². The van der Waals surface area contributed by atoms with E-state index in [2.05, 4.69) is 4.98 Å². The number of nitrogens with zero attached hydrogens (tertiary/aromatic N) is 1. The first-order valence-electron chi connectivity index (χ1n) is 4.97. The minimum absolute atomic E-state index is 0.000654. The number of aliphatic carboxylic acids is 1. The highest BCUT2D eigenvalue weighted by molar-refractivity contribution is 5.83. The summed E-state index contributed by atoms with van der Waals surface area (Å²) >= 11 is 0. The van der Waals surface area contributed by atoms with Crippen LogP contribution in [0.5, 0.6) is 0 Å². The zero-order valence-corrected chi connectivity index (χ0v) is 8.60. The number of carbonyl (C=O) groups is 1. The van der Waals surface area contributed by atoms with E-state index in [0.717, 1.165) is 11.3 Å². The van der Waals surface area contributed by atoms with Crippen LogP contribution in [0.2, 0.25) is 0 Å². The lowest BCUT2D eigenvalue weighted by molar-refractivity contribution is -0.148. The van der Waals surface area contributed by atoms with Crippen molar-refractivity contribution in [1.29, 1.82) is 0 Å². The molecule has 80 valence electrons. The predicted octanol–water partition coefficient (Wildman–Crippen LogP) is 0.834. The Hall–Kier alpha value is -1.42. The lowest BCUT2D eigenvalue weighted by atomic mass is 9.61. The predicted molar refractivity (Wildman–Crippen MR) is 55.5 cm³/mol. The van der Waals surface area contributed by atoms with Crippen molar-refractivity contribution in [3.8, 4) is 0 Å². The normalized spacial score (nSPS) is 29.6. The van der Waals surface area contributed by atoms with Crippen LogP contribution in [0.1, 0.15) is 24.1 Å². The van der Waals surface area contributed by atoms with E-state index in [1.165, 1.54) is 0 Å². The van der Waals surface area contributed by atoms with Gasteiger partial charge in [-0.1, -0.05) is 6.07 Å². The Balaban J connectivity index is 2.43. The van der Waals surface area contributed by atoms with E-state index in [9.17, 15) is 9.90 Å². The summed E-state index contributed by atoms with van der Waals surface area (Å²) in [4.78, 5) is 15.4. The molecule has 1 fully saturated rings. The molecule has 0 bridgehead atoms. The minimum Gasteiger partial charge on any atom is -0.481 e. The van der Waals surface area contributed by atoms with Gasteiger partial charge in [0, 0.05) is 17.9 Å². The molecule has 1 aromatic rings. The third kappa shape index (κ3) is 1.41. The Bertz CT molecular complexity index is 397. The first kappa shape index (κ1) is 10.1. The van der Waals surface area contributed by atoms with Crippen LogP contribution in [0.15, 0.2) is 18.3 Å². The number of pyridine rings is 1. The second-order valence-corrected chi connectivity index (χ2v) is 4.19. The van der Waals surface area contributed by atoms with Crippen LogP contribution in [-0.4, -0.2) is 22.1 Å². The zero-order chi connectivity index (χ0) is 11.1. The monoisotopic (exact) mass is 206 g/mol. The molecular formula is C11H14N2O2. The molecule has 0 amide bonds. The average Bonchev–Trinajstić information content (AvgIpc) is 2.13. The van der Waals surface area contributed by atoms with Gasteiger partial charge >= 0.3 is 5.97 Å². The number of hydrogen-bond donors (Lipinski definition) is 2.